The minimum atomic E-state index is 0.197. The quantitative estimate of drug-likeness (QED) is 0.865. The zero-order valence-electron chi connectivity index (χ0n) is 8.02. The summed E-state index contributed by atoms with van der Waals surface area (Å²) in [7, 11) is 0. The van der Waals surface area contributed by atoms with Crippen molar-refractivity contribution in [2.75, 3.05) is 5.73 Å². The van der Waals surface area contributed by atoms with Crippen molar-refractivity contribution >= 4 is 33.2 Å². The van der Waals surface area contributed by atoms with Crippen molar-refractivity contribution in [3.05, 3.63) is 40.1 Å². The highest BCUT2D eigenvalue weighted by Crippen LogP contribution is 2.33. The number of benzene rings is 1. The van der Waals surface area contributed by atoms with Crippen LogP contribution in [0.4, 0.5) is 5.69 Å². The Balaban J connectivity index is 2.30. The topological polar surface area (TPSA) is 61.0 Å². The molecule has 1 aromatic heterocycles. The molecule has 0 spiro atoms. The highest BCUT2D eigenvalue weighted by Gasteiger charge is 2.08. The van der Waals surface area contributed by atoms with Crippen LogP contribution in [0.1, 0.15) is 0 Å². The van der Waals surface area contributed by atoms with Crippen LogP contribution in [0.2, 0.25) is 5.02 Å². The molecule has 0 unspecified atom stereocenters. The zero-order valence-corrected chi connectivity index (χ0v) is 10.4. The monoisotopic (exact) mass is 299 g/mol. The number of nitrogens with zero attached hydrogens (tertiary/aromatic N) is 2. The fourth-order valence-corrected chi connectivity index (χ4v) is 1.64. The largest absolute Gasteiger partial charge is 0.421 e. The Labute approximate surface area is 106 Å². The minimum Gasteiger partial charge on any atom is -0.421 e. The summed E-state index contributed by atoms with van der Waals surface area (Å²) in [5.41, 5.74) is 6.27. The minimum absolute atomic E-state index is 0.197. The summed E-state index contributed by atoms with van der Waals surface area (Å²) >= 11 is 9.00. The molecule has 2 aromatic rings. The number of hydrogen-bond acceptors (Lipinski definition) is 4. The van der Waals surface area contributed by atoms with E-state index in [2.05, 4.69) is 25.9 Å². The predicted molar refractivity (Wildman–Crippen MR) is 65.7 cm³/mol. The normalized spacial score (nSPS) is 10.1. The maximum atomic E-state index is 5.76. The van der Waals surface area contributed by atoms with Gasteiger partial charge in [-0.05, 0) is 28.1 Å². The van der Waals surface area contributed by atoms with Crippen LogP contribution in [-0.2, 0) is 0 Å². The highest BCUT2D eigenvalue weighted by molar-refractivity contribution is 9.10. The summed E-state index contributed by atoms with van der Waals surface area (Å²) in [5, 5.41) is 0.451. The molecule has 6 heteroatoms. The van der Waals surface area contributed by atoms with Crippen LogP contribution in [0.3, 0.4) is 0 Å². The van der Waals surface area contributed by atoms with E-state index in [1.807, 2.05) is 12.1 Å². The third kappa shape index (κ3) is 2.43. The van der Waals surface area contributed by atoms with Crippen molar-refractivity contribution < 1.29 is 4.74 Å². The highest BCUT2D eigenvalue weighted by atomic mass is 79.9. The Morgan fingerprint density at radius 2 is 1.94 bits per heavy atom. The van der Waals surface area contributed by atoms with Crippen LogP contribution in [0, 0.1) is 0 Å². The van der Waals surface area contributed by atoms with Gasteiger partial charge in [0.1, 0.15) is 0 Å². The lowest BCUT2D eigenvalue weighted by molar-refractivity contribution is 0.441. The molecule has 82 valence electrons. The number of nitrogens with two attached hydrogens (primary N) is 1. The Morgan fingerprint density at radius 1 is 1.25 bits per heavy atom. The molecule has 0 aliphatic heterocycles. The molecule has 0 amide bonds. The van der Waals surface area contributed by atoms with Crippen molar-refractivity contribution in [1.29, 1.82) is 0 Å². The maximum absolute atomic E-state index is 5.76. The molecule has 1 heterocycles. The first kappa shape index (κ1) is 11.2. The first-order valence-electron chi connectivity index (χ1n) is 4.36. The van der Waals surface area contributed by atoms with E-state index in [1.165, 1.54) is 12.4 Å². The van der Waals surface area contributed by atoms with Gasteiger partial charge < -0.3 is 10.5 Å². The van der Waals surface area contributed by atoms with E-state index in [0.717, 1.165) is 4.47 Å². The Hall–Kier alpha value is -1.33. The van der Waals surface area contributed by atoms with E-state index in [9.17, 15) is 0 Å². The average Bonchev–Trinajstić information content (AvgIpc) is 2.26. The summed E-state index contributed by atoms with van der Waals surface area (Å²) in [6.07, 6.45) is 2.91. The van der Waals surface area contributed by atoms with Crippen molar-refractivity contribution in [2.45, 2.75) is 0 Å². The van der Waals surface area contributed by atoms with Crippen LogP contribution in [0.5, 0.6) is 11.8 Å². The van der Waals surface area contributed by atoms with Crippen LogP contribution in [0.15, 0.2) is 35.1 Å². The number of hydrogen-bond donors (Lipinski definition) is 1. The van der Waals surface area contributed by atoms with Gasteiger partial charge >= 0.3 is 6.01 Å². The van der Waals surface area contributed by atoms with Gasteiger partial charge in [0.15, 0.2) is 5.75 Å². The van der Waals surface area contributed by atoms with E-state index in [-0.39, 0.29) is 6.01 Å². The lowest BCUT2D eigenvalue weighted by Gasteiger charge is -2.07. The summed E-state index contributed by atoms with van der Waals surface area (Å²) in [6.45, 7) is 0. The molecule has 0 fully saturated rings. The van der Waals surface area contributed by atoms with Crippen molar-refractivity contribution in [1.82, 2.24) is 9.97 Å². The van der Waals surface area contributed by atoms with Gasteiger partial charge in [0.2, 0.25) is 0 Å². The van der Waals surface area contributed by atoms with E-state index in [1.54, 1.807) is 6.07 Å². The molecule has 0 saturated carbocycles. The number of rotatable bonds is 2. The van der Waals surface area contributed by atoms with Gasteiger partial charge in [-0.2, -0.15) is 0 Å². The van der Waals surface area contributed by atoms with Gasteiger partial charge in [-0.15, -0.1) is 0 Å². The second-order valence-corrected chi connectivity index (χ2v) is 4.23. The smallest absolute Gasteiger partial charge is 0.322 e. The number of ether oxygens (including phenoxy) is 1. The molecule has 2 N–H and O–H groups in total. The van der Waals surface area contributed by atoms with Gasteiger partial charge in [-0.1, -0.05) is 17.7 Å². The molecule has 0 radical (unpaired) electrons. The summed E-state index contributed by atoms with van der Waals surface area (Å²) in [5.74, 6) is 0.491. The summed E-state index contributed by atoms with van der Waals surface area (Å²) in [6, 6.07) is 5.56. The van der Waals surface area contributed by atoms with E-state index in [4.69, 9.17) is 22.1 Å². The van der Waals surface area contributed by atoms with Crippen LogP contribution >= 0.6 is 27.5 Å². The van der Waals surface area contributed by atoms with Crippen molar-refractivity contribution in [2.24, 2.45) is 0 Å². The third-order valence-corrected chi connectivity index (χ3v) is 2.61. The summed E-state index contributed by atoms with van der Waals surface area (Å²) in [4.78, 5) is 7.83. The molecule has 0 saturated heterocycles. The third-order valence-electron chi connectivity index (χ3n) is 1.79. The summed E-state index contributed by atoms with van der Waals surface area (Å²) < 4.78 is 6.18. The van der Waals surface area contributed by atoms with E-state index in [0.29, 0.717) is 16.5 Å². The molecular formula is C10H7BrClN3O. The molecular weight excluding hydrogens is 293 g/mol. The van der Waals surface area contributed by atoms with Gasteiger partial charge in [-0.25, -0.2) is 9.97 Å². The first-order chi connectivity index (χ1) is 7.66. The lowest BCUT2D eigenvalue weighted by atomic mass is 10.3. The van der Waals surface area contributed by atoms with Crippen LogP contribution in [0.25, 0.3) is 0 Å². The molecule has 0 bridgehead atoms. The molecule has 2 rings (SSSR count). The van der Waals surface area contributed by atoms with Crippen LogP contribution < -0.4 is 10.5 Å². The Kier molecular flexibility index (Phi) is 3.26. The molecule has 0 aliphatic carbocycles. The standard InChI is InChI=1S/C10H7BrClN3O/c11-7-2-1-3-8(13)9(7)16-10-14-4-6(12)5-15-10/h1-5H,13H2. The van der Waals surface area contributed by atoms with Crippen molar-refractivity contribution in [3.63, 3.8) is 0 Å². The Bertz CT molecular complexity index is 484. The van der Waals surface area contributed by atoms with Gasteiger partial charge in [0, 0.05) is 0 Å². The molecule has 0 aliphatic rings. The molecule has 1 aromatic carbocycles. The number of anilines is 1. The zero-order chi connectivity index (χ0) is 11.5. The van der Waals surface area contributed by atoms with Gasteiger partial charge in [0.05, 0.1) is 27.6 Å². The van der Waals surface area contributed by atoms with Gasteiger partial charge in [0.25, 0.3) is 0 Å². The number of halogens is 2. The predicted octanol–water partition coefficient (Wildman–Crippen LogP) is 3.27. The lowest BCUT2D eigenvalue weighted by Crippen LogP contribution is -1.96. The average molecular weight is 301 g/mol. The van der Waals surface area contributed by atoms with Gasteiger partial charge in [-0.3, -0.25) is 0 Å². The van der Waals surface area contributed by atoms with Crippen molar-refractivity contribution in [3.8, 4) is 11.8 Å². The number of nitrogen functional groups attached to an aromatic ring is 1. The second kappa shape index (κ2) is 4.67. The first-order valence-corrected chi connectivity index (χ1v) is 5.53. The maximum Gasteiger partial charge on any atom is 0.322 e. The molecule has 0 atom stereocenters. The second-order valence-electron chi connectivity index (χ2n) is 2.94. The Morgan fingerprint density at radius 3 is 2.56 bits per heavy atom. The number of para-hydroxylation sites is 1. The molecule has 4 nitrogen and oxygen atoms in total. The van der Waals surface area contributed by atoms with E-state index < -0.39 is 0 Å². The van der Waals surface area contributed by atoms with Crippen LogP contribution in [-0.4, -0.2) is 9.97 Å². The fraction of sp³-hybridized carbons (Fsp3) is 0. The van der Waals surface area contributed by atoms with E-state index >= 15 is 0 Å². The number of aromatic nitrogens is 2. The SMILES string of the molecule is Nc1cccc(Br)c1Oc1ncc(Cl)cn1. The fourth-order valence-electron chi connectivity index (χ4n) is 1.08. The molecule has 16 heavy (non-hydrogen) atoms.